The number of ether oxygens (including phenoxy) is 1. The minimum Gasteiger partial charge on any atom is -0.376 e. The van der Waals surface area contributed by atoms with E-state index >= 15 is 0 Å². The lowest BCUT2D eigenvalue weighted by molar-refractivity contribution is 0.0468. The van der Waals surface area contributed by atoms with Crippen molar-refractivity contribution in [1.82, 2.24) is 10.6 Å². The number of benzene rings is 1. The molecule has 1 saturated carbocycles. The van der Waals surface area contributed by atoms with Gasteiger partial charge in [-0.15, -0.1) is 0 Å². The second-order valence-corrected chi connectivity index (χ2v) is 6.67. The van der Waals surface area contributed by atoms with Crippen molar-refractivity contribution < 1.29 is 9.53 Å². The van der Waals surface area contributed by atoms with E-state index in [4.69, 9.17) is 10.5 Å². The second kappa shape index (κ2) is 11.5. The van der Waals surface area contributed by atoms with Crippen LogP contribution in [0.2, 0.25) is 0 Å². The van der Waals surface area contributed by atoms with Gasteiger partial charge in [0.1, 0.15) is 0 Å². The zero-order chi connectivity index (χ0) is 18.6. The van der Waals surface area contributed by atoms with Crippen molar-refractivity contribution in [1.29, 1.82) is 0 Å². The van der Waals surface area contributed by atoms with Gasteiger partial charge in [-0.1, -0.05) is 37.8 Å². The van der Waals surface area contributed by atoms with Crippen LogP contribution in [0.1, 0.15) is 61.4 Å². The van der Waals surface area contributed by atoms with Crippen molar-refractivity contribution in [2.75, 3.05) is 19.7 Å². The van der Waals surface area contributed by atoms with Crippen molar-refractivity contribution in [2.45, 2.75) is 58.1 Å². The van der Waals surface area contributed by atoms with Gasteiger partial charge in [0.05, 0.1) is 19.3 Å². The molecule has 0 radical (unpaired) electrons. The van der Waals surface area contributed by atoms with E-state index in [-0.39, 0.29) is 0 Å². The molecule has 0 aromatic heterocycles. The molecular formula is C20H32N4O2. The molecular weight excluding hydrogens is 328 g/mol. The number of aliphatic imine (C=N–C) groups is 1. The lowest BCUT2D eigenvalue weighted by atomic mass is 10.1. The van der Waals surface area contributed by atoms with Gasteiger partial charge >= 0.3 is 0 Å². The van der Waals surface area contributed by atoms with Crippen molar-refractivity contribution in [3.05, 3.63) is 35.4 Å². The minimum atomic E-state index is -0.413. The molecule has 26 heavy (non-hydrogen) atoms. The number of carbonyl (C=O) groups is 1. The predicted molar refractivity (Wildman–Crippen MR) is 105 cm³/mol. The number of carbonyl (C=O) groups excluding carboxylic acids is 1. The third kappa shape index (κ3) is 7.44. The molecule has 0 unspecified atom stereocenters. The third-order valence-electron chi connectivity index (χ3n) is 4.55. The molecule has 4 N–H and O–H groups in total. The van der Waals surface area contributed by atoms with Crippen LogP contribution >= 0.6 is 0 Å². The first kappa shape index (κ1) is 20.2. The number of hydrogen-bond acceptors (Lipinski definition) is 3. The maximum Gasteiger partial charge on any atom is 0.248 e. The highest BCUT2D eigenvalue weighted by Crippen LogP contribution is 2.19. The Kier molecular flexibility index (Phi) is 8.96. The van der Waals surface area contributed by atoms with E-state index in [1.54, 1.807) is 12.1 Å². The summed E-state index contributed by atoms with van der Waals surface area (Å²) < 4.78 is 6.00. The Hall–Kier alpha value is -2.08. The molecule has 1 aliphatic carbocycles. The quantitative estimate of drug-likeness (QED) is 0.288. The van der Waals surface area contributed by atoms with Crippen LogP contribution in [0.4, 0.5) is 0 Å². The predicted octanol–water partition coefficient (Wildman–Crippen LogP) is 2.58. The number of amides is 1. The van der Waals surface area contributed by atoms with Gasteiger partial charge in [-0.05, 0) is 37.5 Å². The second-order valence-electron chi connectivity index (χ2n) is 6.67. The van der Waals surface area contributed by atoms with Crippen LogP contribution in [-0.4, -0.2) is 37.7 Å². The van der Waals surface area contributed by atoms with Gasteiger partial charge in [0.2, 0.25) is 5.91 Å². The first-order valence-corrected chi connectivity index (χ1v) is 9.71. The Balaban J connectivity index is 1.75. The normalized spacial score (nSPS) is 16.1. The molecule has 2 rings (SSSR count). The number of nitrogens with zero attached hydrogens (tertiary/aromatic N) is 1. The molecule has 1 aromatic carbocycles. The molecule has 0 saturated heterocycles. The first-order valence-electron chi connectivity index (χ1n) is 9.71. The summed E-state index contributed by atoms with van der Waals surface area (Å²) in [4.78, 5) is 15.7. The molecule has 1 fully saturated rings. The van der Waals surface area contributed by atoms with Gasteiger partial charge in [0, 0.05) is 18.7 Å². The smallest absolute Gasteiger partial charge is 0.248 e. The van der Waals surface area contributed by atoms with Gasteiger partial charge in [0.25, 0.3) is 0 Å². The first-order chi connectivity index (χ1) is 12.7. The standard InChI is InChI=1S/C20H32N4O2/c1-2-22-20(23-13-14-26-18-7-5-3-4-6-8-18)24-15-16-9-11-17(12-10-16)19(21)25/h9-12,18H,2-8,13-15H2,1H3,(H2,21,25)(H2,22,23,24). The van der Waals surface area contributed by atoms with E-state index in [1.165, 1.54) is 38.5 Å². The van der Waals surface area contributed by atoms with Crippen LogP contribution in [0.5, 0.6) is 0 Å². The summed E-state index contributed by atoms with van der Waals surface area (Å²) in [5, 5.41) is 6.56. The lowest BCUT2D eigenvalue weighted by Crippen LogP contribution is -2.39. The Bertz CT molecular complexity index is 564. The fourth-order valence-electron chi connectivity index (χ4n) is 3.09. The number of primary amides is 1. The Morgan fingerprint density at radius 2 is 1.85 bits per heavy atom. The average Bonchev–Trinajstić information content (AvgIpc) is 2.92. The van der Waals surface area contributed by atoms with Crippen LogP contribution in [-0.2, 0) is 11.3 Å². The van der Waals surface area contributed by atoms with Gasteiger partial charge in [-0.3, -0.25) is 4.79 Å². The minimum absolute atomic E-state index is 0.413. The van der Waals surface area contributed by atoms with E-state index < -0.39 is 5.91 Å². The van der Waals surface area contributed by atoms with Gasteiger partial charge in [-0.2, -0.15) is 0 Å². The summed E-state index contributed by atoms with van der Waals surface area (Å²) in [6.07, 6.45) is 8.06. The van der Waals surface area contributed by atoms with Gasteiger partial charge in [0.15, 0.2) is 5.96 Å². The van der Waals surface area contributed by atoms with E-state index in [1.807, 2.05) is 19.1 Å². The maximum absolute atomic E-state index is 11.1. The molecule has 0 atom stereocenters. The topological polar surface area (TPSA) is 88.7 Å². The molecule has 1 amide bonds. The van der Waals surface area contributed by atoms with Crippen LogP contribution in [0, 0.1) is 0 Å². The van der Waals surface area contributed by atoms with Crippen molar-refractivity contribution in [2.24, 2.45) is 10.7 Å². The highest BCUT2D eigenvalue weighted by Gasteiger charge is 2.12. The van der Waals surface area contributed by atoms with Crippen LogP contribution in [0.15, 0.2) is 29.3 Å². The van der Waals surface area contributed by atoms with Crippen molar-refractivity contribution >= 4 is 11.9 Å². The van der Waals surface area contributed by atoms with Crippen LogP contribution < -0.4 is 16.4 Å². The van der Waals surface area contributed by atoms with E-state index in [2.05, 4.69) is 15.6 Å². The van der Waals surface area contributed by atoms with Gasteiger partial charge in [-0.25, -0.2) is 4.99 Å². The van der Waals surface area contributed by atoms with Crippen molar-refractivity contribution in [3.63, 3.8) is 0 Å². The Morgan fingerprint density at radius 3 is 2.46 bits per heavy atom. The zero-order valence-corrected chi connectivity index (χ0v) is 15.8. The molecule has 144 valence electrons. The molecule has 0 heterocycles. The fraction of sp³-hybridized carbons (Fsp3) is 0.600. The Labute approximate surface area is 156 Å². The summed E-state index contributed by atoms with van der Waals surface area (Å²) in [5.41, 5.74) is 6.80. The summed E-state index contributed by atoms with van der Waals surface area (Å²) in [6.45, 7) is 4.82. The monoisotopic (exact) mass is 360 g/mol. The summed E-state index contributed by atoms with van der Waals surface area (Å²) in [7, 11) is 0. The maximum atomic E-state index is 11.1. The summed E-state index contributed by atoms with van der Waals surface area (Å²) in [5.74, 6) is 0.361. The number of hydrogen-bond donors (Lipinski definition) is 3. The number of nitrogens with two attached hydrogens (primary N) is 1. The van der Waals surface area contributed by atoms with E-state index in [0.717, 1.165) is 24.6 Å². The number of guanidine groups is 1. The van der Waals surface area contributed by atoms with E-state index in [9.17, 15) is 4.79 Å². The highest BCUT2D eigenvalue weighted by atomic mass is 16.5. The highest BCUT2D eigenvalue weighted by molar-refractivity contribution is 5.92. The number of nitrogens with one attached hydrogen (secondary N) is 2. The van der Waals surface area contributed by atoms with Gasteiger partial charge < -0.3 is 21.1 Å². The Morgan fingerprint density at radius 1 is 1.15 bits per heavy atom. The molecule has 0 bridgehead atoms. The van der Waals surface area contributed by atoms with E-state index in [0.29, 0.717) is 24.8 Å². The number of rotatable bonds is 8. The lowest BCUT2D eigenvalue weighted by Gasteiger charge is -2.16. The average molecular weight is 361 g/mol. The molecule has 1 aromatic rings. The molecule has 6 heteroatoms. The largest absolute Gasteiger partial charge is 0.376 e. The summed E-state index contributed by atoms with van der Waals surface area (Å²) >= 11 is 0. The molecule has 6 nitrogen and oxygen atoms in total. The zero-order valence-electron chi connectivity index (χ0n) is 15.8. The molecule has 1 aliphatic rings. The third-order valence-corrected chi connectivity index (χ3v) is 4.55. The molecule has 0 spiro atoms. The van der Waals surface area contributed by atoms with Crippen LogP contribution in [0.3, 0.4) is 0 Å². The SMILES string of the molecule is CCNC(=NCc1ccc(C(N)=O)cc1)NCCOC1CCCCCC1. The summed E-state index contributed by atoms with van der Waals surface area (Å²) in [6, 6.07) is 7.22. The van der Waals surface area contributed by atoms with Crippen LogP contribution in [0.25, 0.3) is 0 Å². The van der Waals surface area contributed by atoms with Crippen molar-refractivity contribution in [3.8, 4) is 0 Å². The fourth-order valence-corrected chi connectivity index (χ4v) is 3.09. The molecule has 0 aliphatic heterocycles.